The maximum absolute atomic E-state index is 14.3. The van der Waals surface area contributed by atoms with Crippen LogP contribution in [-0.2, 0) is 61.1 Å². The first-order chi connectivity index (χ1) is 44.1. The number of phosphoric ester groups is 1. The second kappa shape index (κ2) is 45.8. The molecule has 10 unspecified atom stereocenters. The molecule has 0 aromatic carbocycles. The van der Waals surface area contributed by atoms with Crippen LogP contribution in [0.15, 0.2) is 0 Å². The Bertz CT molecular complexity index is 1980. The third-order valence-electron chi connectivity index (χ3n) is 17.8. The first-order valence-corrected chi connectivity index (χ1v) is 35.9. The van der Waals surface area contributed by atoms with Crippen molar-refractivity contribution in [1.82, 2.24) is 0 Å². The summed E-state index contributed by atoms with van der Waals surface area (Å²) in [5, 5.41) is 150. The second-order valence-corrected chi connectivity index (χ2v) is 26.9. The summed E-state index contributed by atoms with van der Waals surface area (Å²) < 4.78 is 70.0. The van der Waals surface area contributed by atoms with Crippen LogP contribution in [0, 0.1) is 0 Å². The summed E-state index contributed by atoms with van der Waals surface area (Å²) in [7, 11) is -5.75. The van der Waals surface area contributed by atoms with E-state index in [9.17, 15) is 90.5 Å². The maximum Gasteiger partial charge on any atom is 0.472 e. The van der Waals surface area contributed by atoms with Gasteiger partial charge in [0.1, 0.15) is 116 Å². The van der Waals surface area contributed by atoms with Crippen LogP contribution in [-0.4, -0.2) is 256 Å². The Morgan fingerprint density at radius 2 is 0.717 bits per heavy atom. The molecule has 0 amide bonds. The van der Waals surface area contributed by atoms with Crippen molar-refractivity contribution in [3.8, 4) is 0 Å². The predicted molar refractivity (Wildman–Crippen MR) is 329 cm³/mol. The lowest BCUT2D eigenvalue weighted by atomic mass is 9.84. The van der Waals surface area contributed by atoms with Crippen LogP contribution in [0.3, 0.4) is 0 Å². The molecule has 92 heavy (non-hydrogen) atoms. The fourth-order valence-electron chi connectivity index (χ4n) is 11.9. The maximum atomic E-state index is 14.3. The van der Waals surface area contributed by atoms with E-state index >= 15 is 0 Å². The molecule has 29 heteroatoms. The Kier molecular flexibility index (Phi) is 41.1. The van der Waals surface area contributed by atoms with Gasteiger partial charge < -0.3 is 114 Å². The monoisotopic (exact) mass is 1350 g/mol. The van der Waals surface area contributed by atoms with Crippen molar-refractivity contribution < 1.29 is 137 Å². The van der Waals surface area contributed by atoms with Gasteiger partial charge in [-0.1, -0.05) is 194 Å². The standard InChI is InChI=1S/C63H117O28P/c1-3-5-7-9-11-13-15-17-19-21-23-25-27-29-31-33-44(66)82-37-40(85-45(67)34-32-30-28-26-24-22-20-18-16-14-12-10-8-6-4-2)38-84-92(80,81)91-60-58(89-62-56(78)50(72)47(69)42(36-65)87-62)53(75)52(74)54(76)59(60)90-63-57(79)51(73)48(70)43(88-63)39-83-61-55(77)49(71)46(68)41(35-64)86-61/h40-43,46-65,68-79H,3-39H2,1-2H3,(H,80,81)/t40-,41?,42?,43?,46+,47-,48+,49?,50?,51?,52+,53?,54?,55+,56-,57+,58-,59?,60+,61-,62-,63+/m1/s1. The van der Waals surface area contributed by atoms with Crippen molar-refractivity contribution >= 4 is 19.8 Å². The molecule has 3 aliphatic heterocycles. The number of phosphoric acid groups is 1. The highest BCUT2D eigenvalue weighted by atomic mass is 31.2. The third-order valence-corrected chi connectivity index (χ3v) is 18.8. The van der Waals surface area contributed by atoms with Crippen LogP contribution in [0.5, 0.6) is 0 Å². The Labute approximate surface area is 542 Å². The summed E-state index contributed by atoms with van der Waals surface area (Å²) in [5.41, 5.74) is 0. The summed E-state index contributed by atoms with van der Waals surface area (Å²) in [6.07, 6.45) is -12.1. The average molecular weight is 1350 g/mol. The molecule has 23 atom stereocenters. The van der Waals surface area contributed by atoms with Gasteiger partial charge in [-0.2, -0.15) is 0 Å². The van der Waals surface area contributed by atoms with Gasteiger partial charge >= 0.3 is 19.8 Å². The molecular formula is C63H117O28P. The topological polar surface area (TPSA) is 447 Å². The normalized spacial score (nSPS) is 33.7. The lowest BCUT2D eigenvalue weighted by Crippen LogP contribution is -2.69. The number of rotatable bonds is 49. The fraction of sp³-hybridized carbons (Fsp3) is 0.968. The molecule has 0 bridgehead atoms. The number of carbonyl (C=O) groups excluding carboxylic acids is 2. The molecule has 0 aromatic heterocycles. The van der Waals surface area contributed by atoms with Crippen LogP contribution in [0.4, 0.5) is 0 Å². The molecule has 4 fully saturated rings. The third kappa shape index (κ3) is 28.6. The Hall–Kier alpha value is -1.75. The van der Waals surface area contributed by atoms with E-state index in [4.69, 9.17) is 46.9 Å². The van der Waals surface area contributed by atoms with Gasteiger partial charge in [0.05, 0.1) is 26.4 Å². The second-order valence-electron chi connectivity index (χ2n) is 25.4. The Morgan fingerprint density at radius 1 is 0.391 bits per heavy atom. The lowest BCUT2D eigenvalue weighted by Gasteiger charge is -2.49. The van der Waals surface area contributed by atoms with E-state index in [-0.39, 0.29) is 12.8 Å². The molecule has 0 radical (unpaired) electrons. The van der Waals surface area contributed by atoms with E-state index in [1.807, 2.05) is 0 Å². The van der Waals surface area contributed by atoms with E-state index in [0.29, 0.717) is 19.3 Å². The van der Waals surface area contributed by atoms with E-state index in [2.05, 4.69) is 13.8 Å². The molecule has 0 spiro atoms. The highest BCUT2D eigenvalue weighted by Gasteiger charge is 2.58. The van der Waals surface area contributed by atoms with Crippen LogP contribution < -0.4 is 0 Å². The molecule has 1 aliphatic carbocycles. The molecule has 15 N–H and O–H groups in total. The van der Waals surface area contributed by atoms with E-state index in [1.165, 1.54) is 116 Å². The van der Waals surface area contributed by atoms with Crippen molar-refractivity contribution in [3.63, 3.8) is 0 Å². The average Bonchev–Trinajstić information content (AvgIpc) is 0.800. The van der Waals surface area contributed by atoms with Gasteiger partial charge in [-0.15, -0.1) is 0 Å². The summed E-state index contributed by atoms with van der Waals surface area (Å²) >= 11 is 0. The van der Waals surface area contributed by atoms with Gasteiger partial charge in [0, 0.05) is 12.8 Å². The van der Waals surface area contributed by atoms with Crippen molar-refractivity contribution in [2.45, 2.75) is 354 Å². The number of aliphatic hydroxyl groups is 14. The van der Waals surface area contributed by atoms with Gasteiger partial charge in [0.15, 0.2) is 25.0 Å². The number of carbonyl (C=O) groups is 2. The Morgan fingerprint density at radius 3 is 1.11 bits per heavy atom. The largest absolute Gasteiger partial charge is 0.472 e. The van der Waals surface area contributed by atoms with Crippen LogP contribution in [0.1, 0.15) is 219 Å². The highest BCUT2D eigenvalue weighted by Crippen LogP contribution is 2.49. The molecule has 542 valence electrons. The summed E-state index contributed by atoms with van der Waals surface area (Å²) in [6, 6.07) is 0. The van der Waals surface area contributed by atoms with Crippen molar-refractivity contribution in [2.75, 3.05) is 33.0 Å². The number of ether oxygens (including phenoxy) is 8. The van der Waals surface area contributed by atoms with Crippen molar-refractivity contribution in [1.29, 1.82) is 0 Å². The van der Waals surface area contributed by atoms with Gasteiger partial charge in [-0.05, 0) is 12.8 Å². The quantitative estimate of drug-likeness (QED) is 0.0236. The molecule has 1 saturated carbocycles. The number of hydrogen-bond acceptors (Lipinski definition) is 27. The number of hydrogen-bond donors (Lipinski definition) is 15. The van der Waals surface area contributed by atoms with Crippen LogP contribution in [0.2, 0.25) is 0 Å². The molecule has 3 heterocycles. The van der Waals surface area contributed by atoms with E-state index in [1.54, 1.807) is 0 Å². The number of esters is 2. The Balaban J connectivity index is 1.46. The van der Waals surface area contributed by atoms with Crippen molar-refractivity contribution in [2.24, 2.45) is 0 Å². The van der Waals surface area contributed by atoms with Crippen LogP contribution in [0.25, 0.3) is 0 Å². The zero-order valence-electron chi connectivity index (χ0n) is 54.3. The highest BCUT2D eigenvalue weighted by molar-refractivity contribution is 7.47. The molecule has 28 nitrogen and oxygen atoms in total. The first-order valence-electron chi connectivity index (χ1n) is 34.4. The zero-order valence-corrected chi connectivity index (χ0v) is 55.2. The van der Waals surface area contributed by atoms with Gasteiger partial charge in [-0.3, -0.25) is 18.6 Å². The molecule has 4 aliphatic rings. The SMILES string of the molecule is CCCCCCCCCCCCCCCCCC(=O)OC[C@H](COP(=O)(O)O[C@@H]1C(O[C@@H]2OC(CO[C@@H]3OC(CO)[C@H](O)C(O)[C@@H]3O)[C@H](O)C(O)[C@@H]2O)C(O)[C@@H](O)C(O)[C@H]1O[C@H]1OC(CO)[C@@H](O)C(O)[C@H]1O)OC(=O)CCCCCCCCCCCCCCCCC. The van der Waals surface area contributed by atoms with Gasteiger partial charge in [0.25, 0.3) is 0 Å². The first kappa shape index (κ1) is 82.7. The van der Waals surface area contributed by atoms with Gasteiger partial charge in [-0.25, -0.2) is 4.57 Å². The van der Waals surface area contributed by atoms with Gasteiger partial charge in [0.2, 0.25) is 0 Å². The van der Waals surface area contributed by atoms with Crippen molar-refractivity contribution in [3.05, 3.63) is 0 Å². The number of aliphatic hydroxyl groups excluding tert-OH is 14. The smallest absolute Gasteiger partial charge is 0.462 e. The lowest BCUT2D eigenvalue weighted by molar-refractivity contribution is -0.364. The molecular weight excluding hydrogens is 1240 g/mol. The van der Waals surface area contributed by atoms with E-state index in [0.717, 1.165) is 57.8 Å². The summed E-state index contributed by atoms with van der Waals surface area (Å²) in [6.45, 7) is 0.100. The minimum atomic E-state index is -5.75. The number of unbranched alkanes of at least 4 members (excludes halogenated alkanes) is 28. The zero-order chi connectivity index (χ0) is 67.6. The molecule has 3 saturated heterocycles. The summed E-state index contributed by atoms with van der Waals surface area (Å²) in [4.78, 5) is 38.0. The minimum absolute atomic E-state index is 0.0251. The fourth-order valence-corrected chi connectivity index (χ4v) is 12.9. The van der Waals surface area contributed by atoms with Crippen LogP contribution >= 0.6 is 7.82 Å². The molecule has 0 aromatic rings. The van der Waals surface area contributed by atoms with E-state index < -0.39 is 188 Å². The molecule has 4 rings (SSSR count). The summed E-state index contributed by atoms with van der Waals surface area (Å²) in [5.74, 6) is -1.39. The predicted octanol–water partition coefficient (Wildman–Crippen LogP) is 2.76. The minimum Gasteiger partial charge on any atom is -0.462 e.